The third kappa shape index (κ3) is 4.88. The molecule has 3 nitrogen and oxygen atoms in total. The van der Waals surface area contributed by atoms with Gasteiger partial charge in [-0.05, 0) is 12.1 Å². The van der Waals surface area contributed by atoms with Gasteiger partial charge in [0.1, 0.15) is 0 Å². The van der Waals surface area contributed by atoms with Crippen LogP contribution >= 0.6 is 0 Å². The molecule has 1 aromatic carbocycles. The lowest BCUT2D eigenvalue weighted by molar-refractivity contribution is 0.191. The minimum absolute atomic E-state index is 0.281. The van der Waals surface area contributed by atoms with E-state index in [9.17, 15) is 9.32 Å². The minimum atomic E-state index is -1.12. The van der Waals surface area contributed by atoms with Crippen molar-refractivity contribution in [2.24, 2.45) is 0 Å². The van der Waals surface area contributed by atoms with E-state index < -0.39 is 16.9 Å². The fraction of sp³-hybridized carbons (Fsp3) is 0.500. The summed E-state index contributed by atoms with van der Waals surface area (Å²) >= 11 is 0. The zero-order valence-corrected chi connectivity index (χ0v) is 10.5. The summed E-state index contributed by atoms with van der Waals surface area (Å²) in [6, 6.07) is 9.56. The average molecular weight is 241 g/mol. The highest BCUT2D eigenvalue weighted by Crippen LogP contribution is 2.06. The maximum absolute atomic E-state index is 11.8. The highest BCUT2D eigenvalue weighted by molar-refractivity contribution is 7.85. The lowest BCUT2D eigenvalue weighted by atomic mass is 10.3. The molecule has 0 fully saturated rings. The quantitative estimate of drug-likeness (QED) is 0.785. The molecule has 0 saturated carbocycles. The summed E-state index contributed by atoms with van der Waals surface area (Å²) in [7, 11) is -1.12. The molecule has 0 aliphatic heterocycles. The third-order valence-electron chi connectivity index (χ3n) is 2.11. The molecule has 0 bridgehead atoms. The highest BCUT2D eigenvalue weighted by Gasteiger charge is 2.11. The highest BCUT2D eigenvalue weighted by atomic mass is 32.2. The second kappa shape index (κ2) is 6.78. The number of aliphatic hydroxyl groups is 1. The molecule has 0 aromatic heterocycles. The van der Waals surface area contributed by atoms with Crippen molar-refractivity contribution in [1.82, 2.24) is 5.32 Å². The van der Waals surface area contributed by atoms with E-state index >= 15 is 0 Å². The summed E-state index contributed by atoms with van der Waals surface area (Å²) in [4.78, 5) is 0.770. The SMILES string of the molecule is CC(C)NC[C@H](O)C[S@@](=O)c1ccccc1. The summed E-state index contributed by atoms with van der Waals surface area (Å²) in [5, 5.41) is 12.8. The van der Waals surface area contributed by atoms with E-state index in [1.165, 1.54) is 0 Å². The van der Waals surface area contributed by atoms with Crippen molar-refractivity contribution in [2.45, 2.75) is 30.9 Å². The molecule has 16 heavy (non-hydrogen) atoms. The number of nitrogens with one attached hydrogen (secondary N) is 1. The molecule has 0 heterocycles. The molecule has 0 aliphatic rings. The maximum Gasteiger partial charge on any atom is 0.0783 e. The predicted molar refractivity (Wildman–Crippen MR) is 66.9 cm³/mol. The Morgan fingerprint density at radius 2 is 1.94 bits per heavy atom. The van der Waals surface area contributed by atoms with E-state index in [0.29, 0.717) is 12.6 Å². The average Bonchev–Trinajstić information content (AvgIpc) is 2.27. The van der Waals surface area contributed by atoms with Gasteiger partial charge < -0.3 is 10.4 Å². The Bertz CT molecular complexity index is 327. The molecule has 0 amide bonds. The van der Waals surface area contributed by atoms with Gasteiger partial charge >= 0.3 is 0 Å². The number of aliphatic hydroxyl groups excluding tert-OH is 1. The van der Waals surface area contributed by atoms with E-state index in [1.54, 1.807) is 0 Å². The molecular formula is C12H19NO2S. The summed E-state index contributed by atoms with van der Waals surface area (Å²) in [6.45, 7) is 4.51. The van der Waals surface area contributed by atoms with Crippen LogP contribution in [-0.4, -0.2) is 33.8 Å². The van der Waals surface area contributed by atoms with Crippen LogP contribution in [0.4, 0.5) is 0 Å². The molecule has 2 atom stereocenters. The molecule has 4 heteroatoms. The van der Waals surface area contributed by atoms with Crippen molar-refractivity contribution < 1.29 is 9.32 Å². The predicted octanol–water partition coefficient (Wildman–Crippen LogP) is 1.15. The van der Waals surface area contributed by atoms with Crippen LogP contribution in [0.15, 0.2) is 35.2 Å². The molecular weight excluding hydrogens is 222 g/mol. The van der Waals surface area contributed by atoms with Crippen LogP contribution in [0.3, 0.4) is 0 Å². The molecule has 1 rings (SSSR count). The monoisotopic (exact) mass is 241 g/mol. The molecule has 0 unspecified atom stereocenters. The van der Waals surface area contributed by atoms with E-state index in [0.717, 1.165) is 4.90 Å². The number of hydrogen-bond donors (Lipinski definition) is 2. The smallest absolute Gasteiger partial charge is 0.0783 e. The van der Waals surface area contributed by atoms with Gasteiger partial charge in [-0.2, -0.15) is 0 Å². The molecule has 1 aromatic rings. The van der Waals surface area contributed by atoms with Gasteiger partial charge in [0.05, 0.1) is 22.7 Å². The Labute approximate surface area is 99.3 Å². The largest absolute Gasteiger partial charge is 0.391 e. The molecule has 0 spiro atoms. The van der Waals surface area contributed by atoms with Gasteiger partial charge in [-0.15, -0.1) is 0 Å². The Balaban J connectivity index is 2.40. The molecule has 0 radical (unpaired) electrons. The zero-order valence-electron chi connectivity index (χ0n) is 9.72. The van der Waals surface area contributed by atoms with E-state index in [-0.39, 0.29) is 5.75 Å². The Morgan fingerprint density at radius 3 is 2.50 bits per heavy atom. The van der Waals surface area contributed by atoms with Gasteiger partial charge in [-0.25, -0.2) is 0 Å². The van der Waals surface area contributed by atoms with E-state index in [1.807, 2.05) is 44.2 Å². The van der Waals surface area contributed by atoms with Crippen LogP contribution in [0.25, 0.3) is 0 Å². The molecule has 0 aliphatic carbocycles. The zero-order chi connectivity index (χ0) is 12.0. The Morgan fingerprint density at radius 1 is 1.31 bits per heavy atom. The van der Waals surface area contributed by atoms with Crippen LogP contribution in [0.1, 0.15) is 13.8 Å². The number of hydrogen-bond acceptors (Lipinski definition) is 3. The van der Waals surface area contributed by atoms with Crippen molar-refractivity contribution in [2.75, 3.05) is 12.3 Å². The van der Waals surface area contributed by atoms with Crippen LogP contribution in [-0.2, 0) is 10.8 Å². The first-order chi connectivity index (χ1) is 7.59. The van der Waals surface area contributed by atoms with Crippen molar-refractivity contribution >= 4 is 10.8 Å². The maximum atomic E-state index is 11.8. The van der Waals surface area contributed by atoms with Crippen molar-refractivity contribution in [3.63, 3.8) is 0 Å². The molecule has 90 valence electrons. The first kappa shape index (κ1) is 13.4. The summed E-state index contributed by atoms with van der Waals surface area (Å²) in [5.74, 6) is 0.281. The summed E-state index contributed by atoms with van der Waals surface area (Å²) in [5.41, 5.74) is 0. The number of benzene rings is 1. The van der Waals surface area contributed by atoms with Gasteiger partial charge in [-0.3, -0.25) is 4.21 Å². The van der Waals surface area contributed by atoms with E-state index in [4.69, 9.17) is 0 Å². The van der Waals surface area contributed by atoms with Gasteiger partial charge in [0.2, 0.25) is 0 Å². The van der Waals surface area contributed by atoms with Crippen LogP contribution < -0.4 is 5.32 Å². The second-order valence-electron chi connectivity index (χ2n) is 4.04. The topological polar surface area (TPSA) is 49.3 Å². The lowest BCUT2D eigenvalue weighted by Gasteiger charge is -2.13. The van der Waals surface area contributed by atoms with Gasteiger partial charge in [0.25, 0.3) is 0 Å². The number of rotatable bonds is 6. The van der Waals surface area contributed by atoms with Crippen molar-refractivity contribution in [3.8, 4) is 0 Å². The second-order valence-corrected chi connectivity index (χ2v) is 5.54. The fourth-order valence-corrected chi connectivity index (χ4v) is 2.39. The fourth-order valence-electron chi connectivity index (χ4n) is 1.27. The van der Waals surface area contributed by atoms with Crippen LogP contribution in [0.2, 0.25) is 0 Å². The first-order valence-corrected chi connectivity index (χ1v) is 6.76. The Kier molecular flexibility index (Phi) is 5.66. The van der Waals surface area contributed by atoms with Gasteiger partial charge in [-0.1, -0.05) is 32.0 Å². The molecule has 2 N–H and O–H groups in total. The standard InChI is InChI=1S/C12H19NO2S/c1-10(2)13-8-11(14)9-16(15)12-6-4-3-5-7-12/h3-7,10-11,13-14H,8-9H2,1-2H3/t11-,16+/m0/s1. The summed E-state index contributed by atoms with van der Waals surface area (Å²) < 4.78 is 11.8. The first-order valence-electron chi connectivity index (χ1n) is 5.44. The Hall–Kier alpha value is -0.710. The van der Waals surface area contributed by atoms with Crippen molar-refractivity contribution in [3.05, 3.63) is 30.3 Å². The van der Waals surface area contributed by atoms with Crippen molar-refractivity contribution in [1.29, 1.82) is 0 Å². The summed E-state index contributed by atoms with van der Waals surface area (Å²) in [6.07, 6.45) is -0.566. The lowest BCUT2D eigenvalue weighted by Crippen LogP contribution is -2.34. The normalized spacial score (nSPS) is 15.0. The van der Waals surface area contributed by atoms with Crippen LogP contribution in [0, 0.1) is 0 Å². The van der Waals surface area contributed by atoms with Crippen LogP contribution in [0.5, 0.6) is 0 Å². The minimum Gasteiger partial charge on any atom is -0.391 e. The van der Waals surface area contributed by atoms with Gasteiger partial charge in [0.15, 0.2) is 0 Å². The van der Waals surface area contributed by atoms with Gasteiger partial charge in [0, 0.05) is 17.5 Å². The van der Waals surface area contributed by atoms with E-state index in [2.05, 4.69) is 5.32 Å². The molecule has 0 saturated heterocycles. The third-order valence-corrected chi connectivity index (χ3v) is 3.60.